The van der Waals surface area contributed by atoms with Gasteiger partial charge in [0.25, 0.3) is 0 Å². The molecule has 1 aromatic rings. The second-order valence-electron chi connectivity index (χ2n) is 2.73. The van der Waals surface area contributed by atoms with E-state index in [1.54, 1.807) is 12.1 Å². The molecule has 0 spiro atoms. The Hall–Kier alpha value is -1.15. The monoisotopic (exact) mass is 165 g/mol. The molecule has 0 aliphatic rings. The van der Waals surface area contributed by atoms with Crippen LogP contribution in [0.1, 0.15) is 5.56 Å². The fraction of sp³-hybridized carbons (Fsp3) is 0.200. The molecule has 2 heteroatoms. The maximum absolute atomic E-state index is 12.7. The van der Waals surface area contributed by atoms with E-state index in [4.69, 9.17) is 5.73 Å². The third-order valence-corrected chi connectivity index (χ3v) is 1.66. The summed E-state index contributed by atoms with van der Waals surface area (Å²) in [5.41, 5.74) is 6.52. The number of hydrogen-bond acceptors (Lipinski definition) is 1. The summed E-state index contributed by atoms with van der Waals surface area (Å²) in [7, 11) is 0. The average molecular weight is 165 g/mol. The highest BCUT2D eigenvalue weighted by Crippen LogP contribution is 2.05. The lowest BCUT2D eigenvalue weighted by Gasteiger charge is -2.05. The number of nitrogens with two attached hydrogens (primary N) is 1. The molecule has 0 aromatic heterocycles. The van der Waals surface area contributed by atoms with Crippen molar-refractivity contribution >= 4 is 0 Å². The van der Waals surface area contributed by atoms with Crippen LogP contribution in [-0.4, -0.2) is 6.04 Å². The molecule has 12 heavy (non-hydrogen) atoms. The summed E-state index contributed by atoms with van der Waals surface area (Å²) >= 11 is 0. The van der Waals surface area contributed by atoms with Gasteiger partial charge in [0, 0.05) is 6.04 Å². The molecule has 0 fully saturated rings. The van der Waals surface area contributed by atoms with Crippen LogP contribution < -0.4 is 5.73 Å². The van der Waals surface area contributed by atoms with Crippen molar-refractivity contribution in [1.29, 1.82) is 0 Å². The lowest BCUT2D eigenvalue weighted by molar-refractivity contribution is 0.624. The van der Waals surface area contributed by atoms with E-state index in [0.717, 1.165) is 5.56 Å². The molecule has 0 radical (unpaired) electrons. The van der Waals surface area contributed by atoms with Crippen LogP contribution in [0.5, 0.6) is 0 Å². The molecule has 2 N–H and O–H groups in total. The van der Waals surface area contributed by atoms with Crippen molar-refractivity contribution in [2.45, 2.75) is 12.5 Å². The molecule has 0 aliphatic carbocycles. The minimum atomic E-state index is -0.219. The fourth-order valence-corrected chi connectivity index (χ4v) is 1.02. The van der Waals surface area contributed by atoms with Crippen molar-refractivity contribution in [3.05, 3.63) is 48.3 Å². The maximum Gasteiger partial charge on any atom is 0.123 e. The van der Waals surface area contributed by atoms with Crippen LogP contribution in [0.2, 0.25) is 0 Å². The first-order valence-electron chi connectivity index (χ1n) is 3.85. The highest BCUT2D eigenvalue weighted by molar-refractivity contribution is 5.18. The fourth-order valence-electron chi connectivity index (χ4n) is 1.02. The maximum atomic E-state index is 12.7. The Morgan fingerprint density at radius 2 is 2.33 bits per heavy atom. The minimum absolute atomic E-state index is 0.0909. The summed E-state index contributed by atoms with van der Waals surface area (Å²) < 4.78 is 12.7. The zero-order valence-electron chi connectivity index (χ0n) is 6.83. The second kappa shape index (κ2) is 4.02. The summed E-state index contributed by atoms with van der Waals surface area (Å²) in [5.74, 6) is -0.219. The first-order valence-corrected chi connectivity index (χ1v) is 3.85. The number of benzene rings is 1. The van der Waals surface area contributed by atoms with E-state index in [2.05, 4.69) is 6.58 Å². The minimum Gasteiger partial charge on any atom is -0.324 e. The van der Waals surface area contributed by atoms with E-state index < -0.39 is 0 Å². The van der Waals surface area contributed by atoms with Crippen molar-refractivity contribution in [1.82, 2.24) is 0 Å². The smallest absolute Gasteiger partial charge is 0.123 e. The summed E-state index contributed by atoms with van der Waals surface area (Å²) in [6.45, 7) is 3.56. The van der Waals surface area contributed by atoms with E-state index in [1.807, 2.05) is 6.07 Å². The third kappa shape index (κ3) is 2.47. The molecule has 0 aliphatic heterocycles. The van der Waals surface area contributed by atoms with Gasteiger partial charge in [0.2, 0.25) is 0 Å². The van der Waals surface area contributed by atoms with Gasteiger partial charge in [0.1, 0.15) is 5.82 Å². The molecule has 1 aromatic carbocycles. The Morgan fingerprint density at radius 3 is 2.92 bits per heavy atom. The average Bonchev–Trinajstić information content (AvgIpc) is 2.04. The van der Waals surface area contributed by atoms with Crippen LogP contribution in [0.25, 0.3) is 0 Å². The molecule has 64 valence electrons. The van der Waals surface area contributed by atoms with Crippen molar-refractivity contribution in [2.24, 2.45) is 5.73 Å². The lowest BCUT2D eigenvalue weighted by Crippen LogP contribution is -2.19. The Labute approximate surface area is 71.7 Å². The van der Waals surface area contributed by atoms with Gasteiger partial charge in [0.15, 0.2) is 0 Å². The van der Waals surface area contributed by atoms with E-state index in [0.29, 0.717) is 6.42 Å². The van der Waals surface area contributed by atoms with Gasteiger partial charge in [-0.2, -0.15) is 0 Å². The standard InChI is InChI=1S/C10H12FN/c1-2-10(12)7-8-4-3-5-9(11)6-8/h2-6,10H,1,7,12H2. The molecular weight excluding hydrogens is 153 g/mol. The van der Waals surface area contributed by atoms with Gasteiger partial charge in [-0.25, -0.2) is 4.39 Å². The van der Waals surface area contributed by atoms with Gasteiger partial charge >= 0.3 is 0 Å². The summed E-state index contributed by atoms with van der Waals surface area (Å²) in [5, 5.41) is 0. The Bertz CT molecular complexity index is 270. The van der Waals surface area contributed by atoms with E-state index in [1.165, 1.54) is 12.1 Å². The molecule has 1 nitrogen and oxygen atoms in total. The van der Waals surface area contributed by atoms with Crippen molar-refractivity contribution in [3.63, 3.8) is 0 Å². The van der Waals surface area contributed by atoms with Crippen LogP contribution in [0.4, 0.5) is 4.39 Å². The lowest BCUT2D eigenvalue weighted by atomic mass is 10.1. The molecule has 1 atom stereocenters. The zero-order chi connectivity index (χ0) is 8.97. The predicted octanol–water partition coefficient (Wildman–Crippen LogP) is 1.88. The van der Waals surface area contributed by atoms with Crippen molar-refractivity contribution < 1.29 is 4.39 Å². The van der Waals surface area contributed by atoms with Gasteiger partial charge in [-0.3, -0.25) is 0 Å². The van der Waals surface area contributed by atoms with Crippen LogP contribution in [0.3, 0.4) is 0 Å². The molecule has 0 heterocycles. The normalized spacial score (nSPS) is 12.5. The van der Waals surface area contributed by atoms with Gasteiger partial charge in [-0.15, -0.1) is 6.58 Å². The molecule has 0 saturated carbocycles. The Balaban J connectivity index is 2.69. The largest absolute Gasteiger partial charge is 0.324 e. The van der Waals surface area contributed by atoms with Crippen LogP contribution >= 0.6 is 0 Å². The summed E-state index contributed by atoms with van der Waals surface area (Å²) in [6, 6.07) is 6.35. The van der Waals surface area contributed by atoms with Crippen LogP contribution in [0.15, 0.2) is 36.9 Å². The van der Waals surface area contributed by atoms with Crippen molar-refractivity contribution in [2.75, 3.05) is 0 Å². The molecule has 1 rings (SSSR count). The van der Waals surface area contributed by atoms with Crippen LogP contribution in [0, 0.1) is 5.82 Å². The van der Waals surface area contributed by atoms with Crippen LogP contribution in [-0.2, 0) is 6.42 Å². The summed E-state index contributed by atoms with van der Waals surface area (Å²) in [4.78, 5) is 0. The summed E-state index contributed by atoms with van der Waals surface area (Å²) in [6.07, 6.45) is 2.30. The first kappa shape index (κ1) is 8.94. The number of hydrogen-bond donors (Lipinski definition) is 1. The predicted molar refractivity (Wildman–Crippen MR) is 48.3 cm³/mol. The van der Waals surface area contributed by atoms with Gasteiger partial charge in [-0.05, 0) is 24.1 Å². The van der Waals surface area contributed by atoms with E-state index in [9.17, 15) is 4.39 Å². The highest BCUT2D eigenvalue weighted by Gasteiger charge is 1.99. The van der Waals surface area contributed by atoms with Crippen molar-refractivity contribution in [3.8, 4) is 0 Å². The Morgan fingerprint density at radius 1 is 1.58 bits per heavy atom. The molecule has 1 unspecified atom stereocenters. The van der Waals surface area contributed by atoms with E-state index >= 15 is 0 Å². The highest BCUT2D eigenvalue weighted by atomic mass is 19.1. The zero-order valence-corrected chi connectivity index (χ0v) is 6.83. The third-order valence-electron chi connectivity index (χ3n) is 1.66. The van der Waals surface area contributed by atoms with Gasteiger partial charge in [0.05, 0.1) is 0 Å². The van der Waals surface area contributed by atoms with E-state index in [-0.39, 0.29) is 11.9 Å². The first-order chi connectivity index (χ1) is 5.72. The number of rotatable bonds is 3. The topological polar surface area (TPSA) is 26.0 Å². The molecule has 0 bridgehead atoms. The Kier molecular flexibility index (Phi) is 3.00. The van der Waals surface area contributed by atoms with Gasteiger partial charge in [-0.1, -0.05) is 18.2 Å². The van der Waals surface area contributed by atoms with Gasteiger partial charge < -0.3 is 5.73 Å². The molecule has 0 saturated heterocycles. The molecule has 0 amide bonds. The quantitative estimate of drug-likeness (QED) is 0.680. The SMILES string of the molecule is C=CC(N)Cc1cccc(F)c1. The molecular formula is C10H12FN. The number of halogens is 1. The second-order valence-corrected chi connectivity index (χ2v) is 2.73.